The first-order chi connectivity index (χ1) is 8.56. The number of carboxylic acids is 1. The number of rotatable bonds is 3. The SMILES string of the molecule is Cc1ccc(Nc2cncc(C(=O)O)c2)cc1Cl. The average molecular weight is 263 g/mol. The van der Waals surface area contributed by atoms with E-state index in [-0.39, 0.29) is 5.56 Å². The highest BCUT2D eigenvalue weighted by Crippen LogP contribution is 2.23. The lowest BCUT2D eigenvalue weighted by Gasteiger charge is -2.08. The molecule has 2 N–H and O–H groups in total. The number of nitrogens with zero attached hydrogens (tertiary/aromatic N) is 1. The summed E-state index contributed by atoms with van der Waals surface area (Å²) in [5.74, 6) is -1.01. The lowest BCUT2D eigenvalue weighted by molar-refractivity contribution is 0.0696. The van der Waals surface area contributed by atoms with Crippen molar-refractivity contribution in [1.82, 2.24) is 4.98 Å². The number of aromatic nitrogens is 1. The Bertz CT molecular complexity index is 599. The Balaban J connectivity index is 2.25. The second-order valence-corrected chi connectivity index (χ2v) is 4.26. The van der Waals surface area contributed by atoms with Crippen molar-refractivity contribution >= 4 is 28.9 Å². The number of carbonyl (C=O) groups is 1. The standard InChI is InChI=1S/C13H11ClN2O2/c1-8-2-3-10(5-12(8)14)16-11-4-9(13(17)18)6-15-7-11/h2-7,16H,1H3,(H,17,18). The Morgan fingerprint density at radius 1 is 1.28 bits per heavy atom. The second-order valence-electron chi connectivity index (χ2n) is 3.86. The number of halogens is 1. The lowest BCUT2D eigenvalue weighted by atomic mass is 10.2. The van der Waals surface area contributed by atoms with Gasteiger partial charge in [0.05, 0.1) is 17.4 Å². The van der Waals surface area contributed by atoms with Crippen molar-refractivity contribution in [3.63, 3.8) is 0 Å². The summed E-state index contributed by atoms with van der Waals surface area (Å²) in [5.41, 5.74) is 2.52. The van der Waals surface area contributed by atoms with Gasteiger partial charge >= 0.3 is 5.97 Å². The average Bonchev–Trinajstić information content (AvgIpc) is 2.34. The molecule has 1 aromatic carbocycles. The summed E-state index contributed by atoms with van der Waals surface area (Å²) in [7, 11) is 0. The summed E-state index contributed by atoms with van der Waals surface area (Å²) >= 11 is 6.01. The number of aryl methyl sites for hydroxylation is 1. The van der Waals surface area contributed by atoms with Crippen molar-refractivity contribution in [2.75, 3.05) is 5.32 Å². The van der Waals surface area contributed by atoms with Gasteiger partial charge in [-0.25, -0.2) is 4.79 Å². The Morgan fingerprint density at radius 3 is 2.72 bits per heavy atom. The molecule has 18 heavy (non-hydrogen) atoms. The van der Waals surface area contributed by atoms with E-state index in [2.05, 4.69) is 10.3 Å². The third kappa shape index (κ3) is 2.78. The van der Waals surface area contributed by atoms with Gasteiger partial charge in [0.25, 0.3) is 0 Å². The van der Waals surface area contributed by atoms with Gasteiger partial charge in [-0.15, -0.1) is 0 Å². The van der Waals surface area contributed by atoms with E-state index in [0.717, 1.165) is 11.3 Å². The van der Waals surface area contributed by atoms with Crippen molar-refractivity contribution in [2.24, 2.45) is 0 Å². The second kappa shape index (κ2) is 5.06. The Hall–Kier alpha value is -2.07. The third-order valence-electron chi connectivity index (χ3n) is 2.45. The Kier molecular flexibility index (Phi) is 3.48. The first-order valence-electron chi connectivity index (χ1n) is 5.28. The topological polar surface area (TPSA) is 62.2 Å². The zero-order valence-corrected chi connectivity index (χ0v) is 10.4. The third-order valence-corrected chi connectivity index (χ3v) is 2.85. The maximum atomic E-state index is 10.8. The van der Waals surface area contributed by atoms with Gasteiger partial charge in [-0.1, -0.05) is 17.7 Å². The minimum absolute atomic E-state index is 0.137. The summed E-state index contributed by atoms with van der Waals surface area (Å²) in [4.78, 5) is 14.7. The number of pyridine rings is 1. The number of hydrogen-bond acceptors (Lipinski definition) is 3. The van der Waals surface area contributed by atoms with Gasteiger partial charge < -0.3 is 10.4 Å². The van der Waals surface area contributed by atoms with Crippen molar-refractivity contribution in [3.05, 3.63) is 52.8 Å². The number of nitrogens with one attached hydrogen (secondary N) is 1. The van der Waals surface area contributed by atoms with Crippen LogP contribution in [0.2, 0.25) is 5.02 Å². The van der Waals surface area contributed by atoms with E-state index in [1.54, 1.807) is 12.3 Å². The molecule has 0 saturated carbocycles. The molecule has 0 atom stereocenters. The van der Waals surface area contributed by atoms with Crippen LogP contribution in [0.1, 0.15) is 15.9 Å². The molecule has 0 bridgehead atoms. The highest BCUT2D eigenvalue weighted by molar-refractivity contribution is 6.31. The first-order valence-corrected chi connectivity index (χ1v) is 5.65. The lowest BCUT2D eigenvalue weighted by Crippen LogP contribution is -1.99. The van der Waals surface area contributed by atoms with Crippen LogP contribution in [0.5, 0.6) is 0 Å². The monoisotopic (exact) mass is 262 g/mol. The number of aromatic carboxylic acids is 1. The molecule has 0 aliphatic heterocycles. The Labute approximate surface area is 109 Å². The molecule has 4 nitrogen and oxygen atoms in total. The van der Waals surface area contributed by atoms with Crippen LogP contribution >= 0.6 is 11.6 Å². The van der Waals surface area contributed by atoms with Crippen LogP contribution in [0, 0.1) is 6.92 Å². The summed E-state index contributed by atoms with van der Waals surface area (Å²) in [6.45, 7) is 1.92. The molecule has 0 radical (unpaired) electrons. The van der Waals surface area contributed by atoms with Crippen LogP contribution in [0.4, 0.5) is 11.4 Å². The van der Waals surface area contributed by atoms with E-state index in [1.807, 2.05) is 19.1 Å². The minimum Gasteiger partial charge on any atom is -0.478 e. The van der Waals surface area contributed by atoms with Gasteiger partial charge in [0.2, 0.25) is 0 Å². The fraction of sp³-hybridized carbons (Fsp3) is 0.0769. The van der Waals surface area contributed by atoms with Gasteiger partial charge in [0.15, 0.2) is 0 Å². The molecule has 0 saturated heterocycles. The predicted octanol–water partition coefficient (Wildman–Crippen LogP) is 3.49. The van der Waals surface area contributed by atoms with E-state index in [9.17, 15) is 4.79 Å². The largest absolute Gasteiger partial charge is 0.478 e. The fourth-order valence-corrected chi connectivity index (χ4v) is 1.64. The normalized spacial score (nSPS) is 10.1. The van der Waals surface area contributed by atoms with Crippen LogP contribution in [-0.2, 0) is 0 Å². The van der Waals surface area contributed by atoms with Crippen molar-refractivity contribution < 1.29 is 9.90 Å². The molecule has 0 spiro atoms. The number of anilines is 2. The van der Waals surface area contributed by atoms with Crippen LogP contribution in [0.3, 0.4) is 0 Å². The molecular weight excluding hydrogens is 252 g/mol. The van der Waals surface area contributed by atoms with Gasteiger partial charge in [0, 0.05) is 16.9 Å². The van der Waals surface area contributed by atoms with Crippen LogP contribution in [0.25, 0.3) is 0 Å². The molecule has 5 heteroatoms. The van der Waals surface area contributed by atoms with E-state index >= 15 is 0 Å². The highest BCUT2D eigenvalue weighted by atomic mass is 35.5. The van der Waals surface area contributed by atoms with E-state index in [4.69, 9.17) is 16.7 Å². The quantitative estimate of drug-likeness (QED) is 0.889. The van der Waals surface area contributed by atoms with Crippen molar-refractivity contribution in [2.45, 2.75) is 6.92 Å². The molecule has 0 unspecified atom stereocenters. The molecular formula is C13H11ClN2O2. The maximum absolute atomic E-state index is 10.8. The zero-order chi connectivity index (χ0) is 13.1. The zero-order valence-electron chi connectivity index (χ0n) is 9.64. The minimum atomic E-state index is -1.01. The molecule has 1 aromatic heterocycles. The fourth-order valence-electron chi connectivity index (χ4n) is 1.46. The molecule has 92 valence electrons. The molecule has 0 amide bonds. The van der Waals surface area contributed by atoms with Crippen LogP contribution in [-0.4, -0.2) is 16.1 Å². The summed E-state index contributed by atoms with van der Waals surface area (Å²) in [6, 6.07) is 7.06. The van der Waals surface area contributed by atoms with Crippen molar-refractivity contribution in [1.29, 1.82) is 0 Å². The summed E-state index contributed by atoms with van der Waals surface area (Å²) in [5, 5.41) is 12.6. The molecule has 0 aliphatic carbocycles. The van der Waals surface area contributed by atoms with Gasteiger partial charge in [-0.2, -0.15) is 0 Å². The summed E-state index contributed by atoms with van der Waals surface area (Å²) < 4.78 is 0. The molecule has 0 aliphatic rings. The van der Waals surface area contributed by atoms with Crippen LogP contribution < -0.4 is 5.32 Å². The number of benzene rings is 1. The van der Waals surface area contributed by atoms with Gasteiger partial charge in [-0.3, -0.25) is 4.98 Å². The molecule has 2 aromatic rings. The van der Waals surface area contributed by atoms with Crippen molar-refractivity contribution in [3.8, 4) is 0 Å². The van der Waals surface area contributed by atoms with Crippen LogP contribution in [0.15, 0.2) is 36.7 Å². The predicted molar refractivity (Wildman–Crippen MR) is 70.7 cm³/mol. The maximum Gasteiger partial charge on any atom is 0.337 e. The van der Waals surface area contributed by atoms with Gasteiger partial charge in [0.1, 0.15) is 0 Å². The number of hydrogen-bond donors (Lipinski definition) is 2. The summed E-state index contributed by atoms with van der Waals surface area (Å²) in [6.07, 6.45) is 2.86. The molecule has 0 fully saturated rings. The Morgan fingerprint density at radius 2 is 2.06 bits per heavy atom. The smallest absolute Gasteiger partial charge is 0.337 e. The van der Waals surface area contributed by atoms with E-state index < -0.39 is 5.97 Å². The van der Waals surface area contributed by atoms with E-state index in [0.29, 0.717) is 10.7 Å². The molecule has 2 rings (SSSR count). The molecule has 1 heterocycles. The number of carboxylic acid groups (broad SMARTS) is 1. The first kappa shape index (κ1) is 12.4. The highest BCUT2D eigenvalue weighted by Gasteiger charge is 2.04. The van der Waals surface area contributed by atoms with Gasteiger partial charge in [-0.05, 0) is 30.7 Å². The van der Waals surface area contributed by atoms with E-state index in [1.165, 1.54) is 12.3 Å².